The average Bonchev–Trinajstić information content (AvgIpc) is 2.96. The van der Waals surface area contributed by atoms with Crippen molar-refractivity contribution in [2.75, 3.05) is 13.7 Å². The molecular formula is C18H23NO5. The first-order chi connectivity index (χ1) is 11.5. The number of amides is 1. The van der Waals surface area contributed by atoms with Crippen molar-refractivity contribution in [3.8, 4) is 5.75 Å². The fourth-order valence-corrected chi connectivity index (χ4v) is 3.64. The van der Waals surface area contributed by atoms with E-state index in [-0.39, 0.29) is 12.5 Å². The first-order valence-corrected chi connectivity index (χ1v) is 8.31. The molecule has 1 saturated heterocycles. The van der Waals surface area contributed by atoms with Gasteiger partial charge in [-0.25, -0.2) is 4.79 Å². The third-order valence-corrected chi connectivity index (χ3v) is 5.16. The molecule has 6 nitrogen and oxygen atoms in total. The molecule has 1 heterocycles. The Morgan fingerprint density at radius 2 is 1.88 bits per heavy atom. The van der Waals surface area contributed by atoms with Crippen LogP contribution in [0.5, 0.6) is 5.75 Å². The molecule has 2 fully saturated rings. The Morgan fingerprint density at radius 1 is 1.25 bits per heavy atom. The minimum absolute atomic E-state index is 0.0472. The Kier molecular flexibility index (Phi) is 4.49. The Hall–Kier alpha value is -2.08. The van der Waals surface area contributed by atoms with Crippen LogP contribution in [-0.4, -0.2) is 47.4 Å². The maximum atomic E-state index is 13.1. The second-order valence-corrected chi connectivity index (χ2v) is 6.70. The molecule has 2 aliphatic rings. The summed E-state index contributed by atoms with van der Waals surface area (Å²) < 4.78 is 11.0. The molecule has 1 aromatic carbocycles. The summed E-state index contributed by atoms with van der Waals surface area (Å²) in [5.41, 5.74) is -0.336. The minimum Gasteiger partial charge on any atom is -0.497 e. The molecule has 1 amide bonds. The van der Waals surface area contributed by atoms with Crippen molar-refractivity contribution in [1.82, 2.24) is 4.90 Å². The summed E-state index contributed by atoms with van der Waals surface area (Å²) in [6, 6.07) is 5.80. The number of aliphatic carboxylic acids is 1. The Balaban J connectivity index is 1.92. The predicted molar refractivity (Wildman–Crippen MR) is 86.9 cm³/mol. The standard InChI is InChI=1S/C18H23NO5/c1-12-7-9-18(10-8-12)19(15(11-24-18)17(21)22)16(20)13-3-5-14(23-2)6-4-13/h3-6,12,15H,7-11H2,1-2H3,(H,21,22)/t12?,15-,18?/m1/s1. The molecular weight excluding hydrogens is 310 g/mol. The van der Waals surface area contributed by atoms with E-state index >= 15 is 0 Å². The summed E-state index contributed by atoms with van der Waals surface area (Å²) in [5.74, 6) is -0.0919. The van der Waals surface area contributed by atoms with Gasteiger partial charge in [0.2, 0.25) is 0 Å². The summed E-state index contributed by atoms with van der Waals surface area (Å²) in [7, 11) is 1.56. The average molecular weight is 333 g/mol. The van der Waals surface area contributed by atoms with Gasteiger partial charge in [0.1, 0.15) is 11.5 Å². The third-order valence-electron chi connectivity index (χ3n) is 5.16. The van der Waals surface area contributed by atoms with Gasteiger partial charge in [-0.3, -0.25) is 9.69 Å². The minimum atomic E-state index is -1.02. The first kappa shape index (κ1) is 16.8. The largest absolute Gasteiger partial charge is 0.497 e. The molecule has 1 aliphatic heterocycles. The zero-order chi connectivity index (χ0) is 17.3. The van der Waals surface area contributed by atoms with Crippen LogP contribution in [0.4, 0.5) is 0 Å². The molecule has 1 aliphatic carbocycles. The fraction of sp³-hybridized carbons (Fsp3) is 0.556. The molecule has 130 valence electrons. The van der Waals surface area contributed by atoms with Crippen LogP contribution in [0.25, 0.3) is 0 Å². The van der Waals surface area contributed by atoms with Crippen LogP contribution in [0.15, 0.2) is 24.3 Å². The van der Waals surface area contributed by atoms with Crippen LogP contribution in [0.1, 0.15) is 43.0 Å². The van der Waals surface area contributed by atoms with E-state index in [1.54, 1.807) is 31.4 Å². The number of carboxylic acids is 1. The van der Waals surface area contributed by atoms with E-state index in [1.807, 2.05) is 0 Å². The normalized spacial score (nSPS) is 29.7. The Bertz CT molecular complexity index is 619. The molecule has 1 spiro atoms. The maximum Gasteiger partial charge on any atom is 0.328 e. The number of nitrogens with zero attached hydrogens (tertiary/aromatic N) is 1. The van der Waals surface area contributed by atoms with Gasteiger partial charge >= 0.3 is 5.97 Å². The quantitative estimate of drug-likeness (QED) is 0.920. The number of carbonyl (C=O) groups is 2. The predicted octanol–water partition coefficient (Wildman–Crippen LogP) is 2.53. The Morgan fingerprint density at radius 3 is 2.42 bits per heavy atom. The van der Waals surface area contributed by atoms with Gasteiger partial charge in [-0.05, 0) is 55.9 Å². The van der Waals surface area contributed by atoms with Gasteiger partial charge in [-0.15, -0.1) is 0 Å². The van der Waals surface area contributed by atoms with Crippen molar-refractivity contribution in [2.45, 2.75) is 44.4 Å². The lowest BCUT2D eigenvalue weighted by atomic mass is 9.83. The van der Waals surface area contributed by atoms with Crippen LogP contribution >= 0.6 is 0 Å². The van der Waals surface area contributed by atoms with Gasteiger partial charge in [0.05, 0.1) is 13.7 Å². The second kappa shape index (κ2) is 6.43. The highest BCUT2D eigenvalue weighted by molar-refractivity contribution is 5.97. The summed E-state index contributed by atoms with van der Waals surface area (Å²) in [5, 5.41) is 9.53. The molecule has 1 N–H and O–H groups in total. The molecule has 0 bridgehead atoms. The molecule has 1 atom stereocenters. The van der Waals surface area contributed by atoms with Gasteiger partial charge in [0.25, 0.3) is 5.91 Å². The number of rotatable bonds is 3. The van der Waals surface area contributed by atoms with Crippen molar-refractivity contribution < 1.29 is 24.2 Å². The number of benzene rings is 1. The van der Waals surface area contributed by atoms with Crippen molar-refractivity contribution in [3.05, 3.63) is 29.8 Å². The van der Waals surface area contributed by atoms with Crippen molar-refractivity contribution in [1.29, 1.82) is 0 Å². The number of methoxy groups -OCH3 is 1. The lowest BCUT2D eigenvalue weighted by Gasteiger charge is -2.42. The molecule has 0 aromatic heterocycles. The monoisotopic (exact) mass is 333 g/mol. The first-order valence-electron chi connectivity index (χ1n) is 8.31. The van der Waals surface area contributed by atoms with Gasteiger partial charge < -0.3 is 14.6 Å². The lowest BCUT2D eigenvalue weighted by Crippen LogP contribution is -2.55. The zero-order valence-electron chi connectivity index (χ0n) is 14.0. The van der Waals surface area contributed by atoms with Crippen molar-refractivity contribution in [3.63, 3.8) is 0 Å². The number of hydrogen-bond acceptors (Lipinski definition) is 4. The number of ether oxygens (including phenoxy) is 2. The van der Waals surface area contributed by atoms with Crippen LogP contribution in [0, 0.1) is 5.92 Å². The summed E-state index contributed by atoms with van der Waals surface area (Å²) in [6.45, 7) is 2.22. The lowest BCUT2D eigenvalue weighted by molar-refractivity contribution is -0.143. The van der Waals surface area contributed by atoms with Crippen LogP contribution < -0.4 is 4.74 Å². The van der Waals surface area contributed by atoms with Gasteiger partial charge in [-0.2, -0.15) is 0 Å². The number of hydrogen-bond donors (Lipinski definition) is 1. The molecule has 24 heavy (non-hydrogen) atoms. The van der Waals surface area contributed by atoms with Gasteiger partial charge in [0, 0.05) is 5.56 Å². The highest BCUT2D eigenvalue weighted by Gasteiger charge is 2.53. The van der Waals surface area contributed by atoms with Gasteiger partial charge in [0.15, 0.2) is 6.04 Å². The molecule has 1 saturated carbocycles. The number of carbonyl (C=O) groups excluding carboxylic acids is 1. The highest BCUT2D eigenvalue weighted by Crippen LogP contribution is 2.43. The van der Waals surface area contributed by atoms with E-state index < -0.39 is 17.7 Å². The van der Waals surface area contributed by atoms with E-state index in [1.165, 1.54) is 4.90 Å². The maximum absolute atomic E-state index is 13.1. The van der Waals surface area contributed by atoms with Crippen LogP contribution in [-0.2, 0) is 9.53 Å². The van der Waals surface area contributed by atoms with E-state index in [2.05, 4.69) is 6.92 Å². The topological polar surface area (TPSA) is 76.1 Å². The molecule has 6 heteroatoms. The smallest absolute Gasteiger partial charge is 0.328 e. The van der Waals surface area contributed by atoms with Crippen molar-refractivity contribution >= 4 is 11.9 Å². The van der Waals surface area contributed by atoms with Gasteiger partial charge in [-0.1, -0.05) is 6.92 Å². The second-order valence-electron chi connectivity index (χ2n) is 6.70. The Labute approximate surface area is 141 Å². The van der Waals surface area contributed by atoms with Crippen LogP contribution in [0.2, 0.25) is 0 Å². The fourth-order valence-electron chi connectivity index (χ4n) is 3.64. The van der Waals surface area contributed by atoms with Crippen LogP contribution in [0.3, 0.4) is 0 Å². The zero-order valence-corrected chi connectivity index (χ0v) is 14.0. The molecule has 0 radical (unpaired) electrons. The van der Waals surface area contributed by atoms with E-state index in [9.17, 15) is 14.7 Å². The molecule has 0 unspecified atom stereocenters. The summed E-state index contributed by atoms with van der Waals surface area (Å²) >= 11 is 0. The molecule has 1 aromatic rings. The van der Waals surface area contributed by atoms with E-state index in [4.69, 9.17) is 9.47 Å². The summed E-state index contributed by atoms with van der Waals surface area (Å²) in [4.78, 5) is 26.2. The highest BCUT2D eigenvalue weighted by atomic mass is 16.5. The summed E-state index contributed by atoms with van der Waals surface area (Å²) in [6.07, 6.45) is 3.22. The molecule has 3 rings (SSSR count). The van der Waals surface area contributed by atoms with E-state index in [0.29, 0.717) is 30.1 Å². The third kappa shape index (κ3) is 2.86. The number of carboxylic acid groups (broad SMARTS) is 1. The van der Waals surface area contributed by atoms with Crippen molar-refractivity contribution in [2.24, 2.45) is 5.92 Å². The SMILES string of the molecule is COc1ccc(C(=O)N2[C@@H](C(=O)O)COC23CCC(C)CC3)cc1. The van der Waals surface area contributed by atoms with E-state index in [0.717, 1.165) is 12.8 Å².